The molecule has 0 fully saturated rings. The summed E-state index contributed by atoms with van der Waals surface area (Å²) in [5, 5.41) is 2.68. The highest BCUT2D eigenvalue weighted by Gasteiger charge is 2.16. The molecule has 0 spiro atoms. The monoisotopic (exact) mass is 408 g/mol. The Morgan fingerprint density at radius 2 is 1.80 bits per heavy atom. The van der Waals surface area contributed by atoms with Crippen molar-refractivity contribution >= 4 is 22.6 Å². The number of rotatable bonds is 4. The first-order chi connectivity index (χ1) is 14.3. The maximum atomic E-state index is 13.2. The Hall–Kier alpha value is -3.81. The van der Waals surface area contributed by atoms with Gasteiger partial charge in [0.15, 0.2) is 0 Å². The third-order valence-corrected chi connectivity index (χ3v) is 4.88. The Morgan fingerprint density at radius 1 is 1.10 bits per heavy atom. The van der Waals surface area contributed by atoms with Gasteiger partial charge >= 0.3 is 0 Å². The van der Waals surface area contributed by atoms with Crippen molar-refractivity contribution in [3.63, 3.8) is 0 Å². The molecule has 0 unspecified atom stereocenters. The zero-order valence-corrected chi connectivity index (χ0v) is 16.3. The van der Waals surface area contributed by atoms with Crippen LogP contribution in [0, 0.1) is 18.6 Å². The molecule has 4 rings (SSSR count). The highest BCUT2D eigenvalue weighted by Crippen LogP contribution is 2.27. The number of nitrogens with zero attached hydrogens (tertiary/aromatic N) is 3. The van der Waals surface area contributed by atoms with Gasteiger partial charge in [-0.1, -0.05) is 12.1 Å². The van der Waals surface area contributed by atoms with E-state index in [0.717, 1.165) is 5.56 Å². The number of fused-ring (bicyclic) bond motifs is 1. The average molecular weight is 408 g/mol. The number of hydrogen-bond acceptors (Lipinski definition) is 3. The summed E-state index contributed by atoms with van der Waals surface area (Å²) in [4.78, 5) is 29.7. The molecule has 2 aromatic heterocycles. The zero-order chi connectivity index (χ0) is 21.4. The number of benzene rings is 2. The molecule has 0 radical (unpaired) electrons. The Bertz CT molecular complexity index is 1320. The fourth-order valence-corrected chi connectivity index (χ4v) is 3.38. The second-order valence-electron chi connectivity index (χ2n) is 7.04. The number of carbonyl (C=O) groups excluding carboxylic acids is 1. The number of aromatic nitrogens is 3. The van der Waals surface area contributed by atoms with Crippen LogP contribution in [0.2, 0.25) is 0 Å². The van der Waals surface area contributed by atoms with Crippen LogP contribution in [-0.4, -0.2) is 20.0 Å². The molecule has 2 heterocycles. The molecule has 0 atom stereocenters. The number of aryl methyl sites for hydroxylation is 2. The van der Waals surface area contributed by atoms with Crippen molar-refractivity contribution < 1.29 is 13.6 Å². The fraction of sp³-hybridized carbons (Fsp3) is 0.136. The number of halogens is 2. The van der Waals surface area contributed by atoms with Crippen molar-refractivity contribution in [1.82, 2.24) is 14.1 Å². The zero-order valence-electron chi connectivity index (χ0n) is 16.3. The van der Waals surface area contributed by atoms with Crippen LogP contribution < -0.4 is 10.9 Å². The highest BCUT2D eigenvalue weighted by atomic mass is 19.1. The van der Waals surface area contributed by atoms with Gasteiger partial charge in [-0.3, -0.25) is 14.2 Å². The molecule has 1 N–H and O–H groups in total. The van der Waals surface area contributed by atoms with E-state index in [2.05, 4.69) is 10.3 Å². The number of carbonyl (C=O) groups is 1. The minimum Gasteiger partial charge on any atom is -0.344 e. The van der Waals surface area contributed by atoms with Crippen molar-refractivity contribution in [2.24, 2.45) is 7.05 Å². The lowest BCUT2D eigenvalue weighted by atomic mass is 10.1. The summed E-state index contributed by atoms with van der Waals surface area (Å²) in [5.74, 6) is -1.17. The van der Waals surface area contributed by atoms with Gasteiger partial charge in [-0.05, 0) is 48.4 Å². The van der Waals surface area contributed by atoms with E-state index in [1.165, 1.54) is 41.2 Å². The van der Waals surface area contributed by atoms with Gasteiger partial charge in [0.1, 0.15) is 29.2 Å². The van der Waals surface area contributed by atoms with Gasteiger partial charge in [-0.2, -0.15) is 0 Å². The molecular formula is C22H18F2N4O2. The van der Waals surface area contributed by atoms with Crippen molar-refractivity contribution in [3.8, 4) is 11.1 Å². The van der Waals surface area contributed by atoms with Crippen LogP contribution in [0.4, 0.5) is 14.5 Å². The maximum Gasteiger partial charge on any atom is 0.278 e. The van der Waals surface area contributed by atoms with Gasteiger partial charge in [0.2, 0.25) is 5.91 Å². The Balaban J connectivity index is 1.65. The van der Waals surface area contributed by atoms with Crippen LogP contribution in [-0.2, 0) is 18.4 Å². The predicted molar refractivity (Wildman–Crippen MR) is 110 cm³/mol. The lowest BCUT2D eigenvalue weighted by Gasteiger charge is -2.10. The lowest BCUT2D eigenvalue weighted by Crippen LogP contribution is -2.28. The van der Waals surface area contributed by atoms with E-state index in [4.69, 9.17) is 0 Å². The van der Waals surface area contributed by atoms with Crippen LogP contribution in [0.3, 0.4) is 0 Å². The van der Waals surface area contributed by atoms with Crippen LogP contribution >= 0.6 is 0 Å². The lowest BCUT2D eigenvalue weighted by molar-refractivity contribution is -0.116. The number of hydrogen-bond donors (Lipinski definition) is 1. The standard InChI is InChI=1S/C22H18F2N4O2/c1-13-9-16(24)7-8-18(13)26-19(29)11-28-12-25-20-17(10-27(2)21(20)22(28)30)14-3-5-15(23)6-4-14/h3-10,12H,11H2,1-2H3,(H,26,29). The van der Waals surface area contributed by atoms with E-state index in [9.17, 15) is 18.4 Å². The Labute approximate surface area is 170 Å². The summed E-state index contributed by atoms with van der Waals surface area (Å²) in [5.41, 5.74) is 2.92. The van der Waals surface area contributed by atoms with E-state index < -0.39 is 11.7 Å². The minimum absolute atomic E-state index is 0.240. The van der Waals surface area contributed by atoms with Gasteiger partial charge in [0.05, 0.1) is 6.33 Å². The quantitative estimate of drug-likeness (QED) is 0.561. The van der Waals surface area contributed by atoms with Crippen LogP contribution in [0.25, 0.3) is 22.2 Å². The number of anilines is 1. The molecule has 4 aromatic rings. The normalized spacial score (nSPS) is 11.1. The van der Waals surface area contributed by atoms with Crippen molar-refractivity contribution in [3.05, 3.63) is 82.5 Å². The second-order valence-corrected chi connectivity index (χ2v) is 7.04. The highest BCUT2D eigenvalue weighted by molar-refractivity contribution is 5.93. The smallest absolute Gasteiger partial charge is 0.278 e. The van der Waals surface area contributed by atoms with E-state index in [1.807, 2.05) is 0 Å². The molecule has 8 heteroatoms. The summed E-state index contributed by atoms with van der Waals surface area (Å²) in [6, 6.07) is 9.97. The van der Waals surface area contributed by atoms with Crippen molar-refractivity contribution in [2.75, 3.05) is 5.32 Å². The molecule has 152 valence electrons. The first-order valence-corrected chi connectivity index (χ1v) is 9.20. The minimum atomic E-state index is -0.430. The molecule has 0 bridgehead atoms. The summed E-state index contributed by atoms with van der Waals surface area (Å²) < 4.78 is 29.3. The van der Waals surface area contributed by atoms with E-state index >= 15 is 0 Å². The van der Waals surface area contributed by atoms with Gasteiger partial charge < -0.3 is 9.88 Å². The molecule has 1 amide bonds. The summed E-state index contributed by atoms with van der Waals surface area (Å²) in [6.45, 7) is 1.44. The fourth-order valence-electron chi connectivity index (χ4n) is 3.38. The van der Waals surface area contributed by atoms with Gasteiger partial charge in [0, 0.05) is 24.5 Å². The molecule has 2 aromatic carbocycles. The molecule has 0 aliphatic carbocycles. The summed E-state index contributed by atoms with van der Waals surface area (Å²) in [6.07, 6.45) is 3.06. The van der Waals surface area contributed by atoms with Gasteiger partial charge in [-0.25, -0.2) is 13.8 Å². The van der Waals surface area contributed by atoms with Gasteiger partial charge in [0.25, 0.3) is 5.56 Å². The SMILES string of the molecule is Cc1cc(F)ccc1NC(=O)Cn1cnc2c(-c3ccc(F)cc3)cn(C)c2c1=O. The molecule has 30 heavy (non-hydrogen) atoms. The van der Waals surface area contributed by atoms with Crippen LogP contribution in [0.15, 0.2) is 59.8 Å². The molecule has 0 saturated heterocycles. The third-order valence-electron chi connectivity index (χ3n) is 4.88. The summed E-state index contributed by atoms with van der Waals surface area (Å²) in [7, 11) is 1.71. The number of amides is 1. The first-order valence-electron chi connectivity index (χ1n) is 9.20. The second kappa shape index (κ2) is 7.55. The van der Waals surface area contributed by atoms with Crippen LogP contribution in [0.5, 0.6) is 0 Å². The molecule has 6 nitrogen and oxygen atoms in total. The van der Waals surface area contributed by atoms with Gasteiger partial charge in [-0.15, -0.1) is 0 Å². The largest absolute Gasteiger partial charge is 0.344 e. The molecule has 0 aliphatic rings. The topological polar surface area (TPSA) is 68.9 Å². The van der Waals surface area contributed by atoms with Crippen molar-refractivity contribution in [1.29, 1.82) is 0 Å². The molecule has 0 saturated carbocycles. The first kappa shape index (κ1) is 19.5. The average Bonchev–Trinajstić information content (AvgIpc) is 3.04. The summed E-state index contributed by atoms with van der Waals surface area (Å²) >= 11 is 0. The number of nitrogens with one attached hydrogen (secondary N) is 1. The third kappa shape index (κ3) is 3.59. The Kier molecular flexibility index (Phi) is 4.91. The van der Waals surface area contributed by atoms with E-state index in [1.54, 1.807) is 36.9 Å². The van der Waals surface area contributed by atoms with Crippen LogP contribution in [0.1, 0.15) is 5.56 Å². The molecule has 0 aliphatic heterocycles. The Morgan fingerprint density at radius 3 is 2.50 bits per heavy atom. The van der Waals surface area contributed by atoms with Crippen molar-refractivity contribution in [2.45, 2.75) is 13.5 Å². The molecular weight excluding hydrogens is 390 g/mol. The predicted octanol–water partition coefficient (Wildman–Crippen LogP) is 3.63. The van der Waals surface area contributed by atoms with E-state index in [0.29, 0.717) is 27.8 Å². The maximum absolute atomic E-state index is 13.2. The van der Waals surface area contributed by atoms with E-state index in [-0.39, 0.29) is 17.9 Å².